The van der Waals surface area contributed by atoms with Crippen LogP contribution in [-0.4, -0.2) is 18.0 Å². The molecule has 2 aromatic carbocycles. The molecule has 0 radical (unpaired) electrons. The van der Waals surface area contributed by atoms with Crippen molar-refractivity contribution in [1.29, 1.82) is 5.26 Å². The highest BCUT2D eigenvalue weighted by Crippen LogP contribution is 2.25. The van der Waals surface area contributed by atoms with Crippen LogP contribution < -0.4 is 5.32 Å². The van der Waals surface area contributed by atoms with Gasteiger partial charge in [0, 0.05) is 10.0 Å². The van der Waals surface area contributed by atoms with E-state index >= 15 is 0 Å². The zero-order chi connectivity index (χ0) is 20.0. The third-order valence-electron chi connectivity index (χ3n) is 3.36. The maximum atomic E-state index is 12.2. The highest BCUT2D eigenvalue weighted by atomic mass is 35.5. The number of carbonyl (C=O) groups is 2. The molecule has 0 bridgehead atoms. The number of anilines is 1. The van der Waals surface area contributed by atoms with Crippen LogP contribution in [0.15, 0.2) is 48.0 Å². The van der Waals surface area contributed by atoms with Crippen molar-refractivity contribution in [1.82, 2.24) is 0 Å². The first-order valence-corrected chi connectivity index (χ1v) is 8.78. The molecule has 0 spiro atoms. The summed E-state index contributed by atoms with van der Waals surface area (Å²) in [6, 6.07) is 12.9. The van der Waals surface area contributed by atoms with Crippen molar-refractivity contribution in [2.45, 2.75) is 13.0 Å². The van der Waals surface area contributed by atoms with Gasteiger partial charge in [-0.3, -0.25) is 4.79 Å². The van der Waals surface area contributed by atoms with Crippen LogP contribution in [0.5, 0.6) is 0 Å². The van der Waals surface area contributed by atoms with Crippen LogP contribution in [-0.2, 0) is 14.3 Å². The second-order valence-corrected chi connectivity index (χ2v) is 6.66. The van der Waals surface area contributed by atoms with Gasteiger partial charge >= 0.3 is 5.97 Å². The van der Waals surface area contributed by atoms with Gasteiger partial charge in [-0.25, -0.2) is 4.79 Å². The Kier molecular flexibility index (Phi) is 7.26. The van der Waals surface area contributed by atoms with Gasteiger partial charge in [-0.2, -0.15) is 5.26 Å². The summed E-state index contributed by atoms with van der Waals surface area (Å²) in [5.41, 5.74) is 0.672. The maximum absolute atomic E-state index is 12.2. The number of nitrogens with zero attached hydrogens (tertiary/aromatic N) is 1. The molecular weight excluding hydrogens is 411 g/mol. The van der Waals surface area contributed by atoms with Crippen molar-refractivity contribution in [3.63, 3.8) is 0 Å². The Morgan fingerprint density at radius 3 is 2.33 bits per heavy atom. The molecule has 2 aromatic rings. The molecule has 1 atom stereocenters. The van der Waals surface area contributed by atoms with Crippen molar-refractivity contribution in [3.8, 4) is 6.07 Å². The normalized spacial score (nSPS) is 12.0. The SMILES string of the molecule is CC(OC(=O)/C(C#N)=C/c1ccc(Cl)cc1)C(=O)Nc1ccc(Cl)cc1Cl. The number of benzene rings is 2. The van der Waals surface area contributed by atoms with Crippen molar-refractivity contribution >= 4 is 58.4 Å². The molecule has 0 heterocycles. The second-order valence-electron chi connectivity index (χ2n) is 5.38. The molecular formula is C19H13Cl3N2O3. The third kappa shape index (κ3) is 6.00. The molecule has 1 amide bonds. The molecule has 0 aliphatic rings. The Morgan fingerprint density at radius 2 is 1.74 bits per heavy atom. The van der Waals surface area contributed by atoms with Gasteiger partial charge < -0.3 is 10.1 Å². The van der Waals surface area contributed by atoms with Gasteiger partial charge in [0.1, 0.15) is 11.6 Å². The van der Waals surface area contributed by atoms with Gasteiger partial charge in [-0.15, -0.1) is 0 Å². The van der Waals surface area contributed by atoms with Gasteiger partial charge in [-0.05, 0) is 48.9 Å². The number of halogens is 3. The van der Waals surface area contributed by atoms with E-state index in [2.05, 4.69) is 5.32 Å². The van der Waals surface area contributed by atoms with Gasteiger partial charge in [0.25, 0.3) is 5.91 Å². The molecule has 0 aromatic heterocycles. The average molecular weight is 424 g/mol. The molecule has 138 valence electrons. The lowest BCUT2D eigenvalue weighted by Gasteiger charge is -2.14. The minimum absolute atomic E-state index is 0.245. The van der Waals surface area contributed by atoms with Crippen molar-refractivity contribution in [3.05, 3.63) is 68.7 Å². The van der Waals surface area contributed by atoms with Gasteiger partial charge in [0.2, 0.25) is 0 Å². The van der Waals surface area contributed by atoms with Crippen molar-refractivity contribution in [2.24, 2.45) is 0 Å². The van der Waals surface area contributed by atoms with Crippen LogP contribution in [0.4, 0.5) is 5.69 Å². The van der Waals surface area contributed by atoms with Crippen LogP contribution in [0.2, 0.25) is 15.1 Å². The number of hydrogen-bond donors (Lipinski definition) is 1. The molecule has 0 saturated carbocycles. The Balaban J connectivity index is 2.05. The summed E-state index contributed by atoms with van der Waals surface area (Å²) in [6.07, 6.45) is 0.200. The number of nitriles is 1. The highest BCUT2D eigenvalue weighted by molar-refractivity contribution is 6.36. The summed E-state index contributed by atoms with van der Waals surface area (Å²) in [5.74, 6) is -1.52. The summed E-state index contributed by atoms with van der Waals surface area (Å²) >= 11 is 17.6. The topological polar surface area (TPSA) is 79.2 Å². The molecule has 27 heavy (non-hydrogen) atoms. The van der Waals surface area contributed by atoms with Gasteiger partial charge in [-0.1, -0.05) is 46.9 Å². The predicted octanol–water partition coefficient (Wildman–Crippen LogP) is 5.12. The van der Waals surface area contributed by atoms with Gasteiger partial charge in [0.15, 0.2) is 6.10 Å². The number of carbonyl (C=O) groups excluding carboxylic acids is 2. The number of ether oxygens (including phenoxy) is 1. The van der Waals surface area contributed by atoms with E-state index in [1.165, 1.54) is 25.1 Å². The smallest absolute Gasteiger partial charge is 0.349 e. The number of esters is 1. The van der Waals surface area contributed by atoms with E-state index in [4.69, 9.17) is 39.5 Å². The minimum Gasteiger partial charge on any atom is -0.448 e. The number of rotatable bonds is 5. The Bertz CT molecular complexity index is 934. The minimum atomic E-state index is -1.15. The zero-order valence-corrected chi connectivity index (χ0v) is 16.3. The summed E-state index contributed by atoms with van der Waals surface area (Å²) in [4.78, 5) is 24.4. The second kappa shape index (κ2) is 9.43. The van der Waals surface area contributed by atoms with Crippen LogP contribution in [0.1, 0.15) is 12.5 Å². The fourth-order valence-electron chi connectivity index (χ4n) is 1.97. The Labute approximate surface area is 171 Å². The lowest BCUT2D eigenvalue weighted by molar-refractivity contribution is -0.148. The van der Waals surface area contributed by atoms with E-state index in [0.29, 0.717) is 21.3 Å². The molecule has 8 heteroatoms. The summed E-state index contributed by atoms with van der Waals surface area (Å²) in [5, 5.41) is 12.9. The molecule has 5 nitrogen and oxygen atoms in total. The molecule has 1 N–H and O–H groups in total. The molecule has 2 rings (SSSR count). The fraction of sp³-hybridized carbons (Fsp3) is 0.105. The lowest BCUT2D eigenvalue weighted by atomic mass is 10.1. The van der Waals surface area contributed by atoms with E-state index in [0.717, 1.165) is 0 Å². The Hall–Kier alpha value is -2.52. The molecule has 0 aliphatic heterocycles. The molecule has 0 saturated heterocycles. The summed E-state index contributed by atoms with van der Waals surface area (Å²) in [6.45, 7) is 1.38. The quantitative estimate of drug-likeness (QED) is 0.411. The largest absolute Gasteiger partial charge is 0.448 e. The number of amides is 1. The molecule has 0 aliphatic carbocycles. The average Bonchev–Trinajstić information content (AvgIpc) is 2.63. The zero-order valence-electron chi connectivity index (χ0n) is 14.0. The lowest BCUT2D eigenvalue weighted by Crippen LogP contribution is -2.30. The first-order valence-electron chi connectivity index (χ1n) is 7.64. The highest BCUT2D eigenvalue weighted by Gasteiger charge is 2.21. The van der Waals surface area contributed by atoms with E-state index < -0.39 is 18.0 Å². The predicted molar refractivity (Wildman–Crippen MR) is 106 cm³/mol. The third-order valence-corrected chi connectivity index (χ3v) is 4.16. The first kappa shape index (κ1) is 20.8. The van der Waals surface area contributed by atoms with E-state index in [-0.39, 0.29) is 10.6 Å². The summed E-state index contributed by atoms with van der Waals surface area (Å²) in [7, 11) is 0. The molecule has 0 fully saturated rings. The molecule has 1 unspecified atom stereocenters. The van der Waals surface area contributed by atoms with E-state index in [1.807, 2.05) is 0 Å². The van der Waals surface area contributed by atoms with Crippen LogP contribution in [0.25, 0.3) is 6.08 Å². The number of hydrogen-bond acceptors (Lipinski definition) is 4. The van der Waals surface area contributed by atoms with E-state index in [9.17, 15) is 14.9 Å². The maximum Gasteiger partial charge on any atom is 0.349 e. The standard InChI is InChI=1S/C19H13Cl3N2O3/c1-11(18(25)24-17-7-6-15(21)9-16(17)22)27-19(26)13(10-23)8-12-2-4-14(20)5-3-12/h2-9,11H,1H3,(H,24,25)/b13-8+. The van der Waals surface area contributed by atoms with Crippen LogP contribution in [0, 0.1) is 11.3 Å². The number of nitrogens with one attached hydrogen (secondary N) is 1. The van der Waals surface area contributed by atoms with Crippen LogP contribution in [0.3, 0.4) is 0 Å². The fourth-order valence-corrected chi connectivity index (χ4v) is 2.55. The van der Waals surface area contributed by atoms with E-state index in [1.54, 1.807) is 36.4 Å². The van der Waals surface area contributed by atoms with Gasteiger partial charge in [0.05, 0.1) is 10.7 Å². The Morgan fingerprint density at radius 1 is 1.11 bits per heavy atom. The summed E-state index contributed by atoms with van der Waals surface area (Å²) < 4.78 is 5.06. The van der Waals surface area contributed by atoms with Crippen molar-refractivity contribution in [2.75, 3.05) is 5.32 Å². The monoisotopic (exact) mass is 422 g/mol. The van der Waals surface area contributed by atoms with Crippen molar-refractivity contribution < 1.29 is 14.3 Å². The first-order chi connectivity index (χ1) is 12.8. The van der Waals surface area contributed by atoms with Crippen LogP contribution >= 0.6 is 34.8 Å².